The van der Waals surface area contributed by atoms with Crippen LogP contribution in [0.2, 0.25) is 0 Å². The van der Waals surface area contributed by atoms with Gasteiger partial charge in [0.15, 0.2) is 0 Å². The number of ketones is 1. The molecule has 37 heavy (non-hydrogen) atoms. The zero-order chi connectivity index (χ0) is 26.2. The van der Waals surface area contributed by atoms with E-state index in [1.54, 1.807) is 29.2 Å². The molecule has 0 bridgehead atoms. The number of aliphatic hydroxyl groups is 1. The van der Waals surface area contributed by atoms with Crippen LogP contribution in [-0.4, -0.2) is 79.2 Å². The molecule has 1 amide bonds. The first kappa shape index (κ1) is 26.7. The molecule has 2 aromatic carbocycles. The molecule has 0 spiro atoms. The molecule has 1 N–H and O–H groups in total. The topological polar surface area (TPSA) is 88.5 Å². The van der Waals surface area contributed by atoms with Crippen LogP contribution < -0.4 is 9.47 Å². The highest BCUT2D eigenvalue weighted by molar-refractivity contribution is 6.46. The van der Waals surface area contributed by atoms with Crippen molar-refractivity contribution in [2.45, 2.75) is 32.7 Å². The first-order chi connectivity index (χ1) is 18.0. The van der Waals surface area contributed by atoms with E-state index in [1.807, 2.05) is 38.1 Å². The van der Waals surface area contributed by atoms with E-state index >= 15 is 0 Å². The molecule has 4 rings (SSSR count). The van der Waals surface area contributed by atoms with Gasteiger partial charge in [0.25, 0.3) is 11.7 Å². The lowest BCUT2D eigenvalue weighted by Gasteiger charge is -2.29. The zero-order valence-corrected chi connectivity index (χ0v) is 21.7. The van der Waals surface area contributed by atoms with Gasteiger partial charge in [0, 0.05) is 31.7 Å². The van der Waals surface area contributed by atoms with Crippen LogP contribution in [0.15, 0.2) is 54.1 Å². The van der Waals surface area contributed by atoms with Crippen LogP contribution in [0, 0.1) is 0 Å². The van der Waals surface area contributed by atoms with Crippen molar-refractivity contribution >= 4 is 17.4 Å². The van der Waals surface area contributed by atoms with E-state index in [2.05, 4.69) is 4.90 Å². The number of carbonyl (C=O) groups excluding carboxylic acids is 2. The van der Waals surface area contributed by atoms with E-state index in [9.17, 15) is 14.7 Å². The molecule has 0 radical (unpaired) electrons. The fourth-order valence-corrected chi connectivity index (χ4v) is 4.77. The Labute approximate surface area is 218 Å². The van der Waals surface area contributed by atoms with Crippen molar-refractivity contribution in [3.05, 3.63) is 65.2 Å². The number of hydrogen-bond acceptors (Lipinski definition) is 7. The van der Waals surface area contributed by atoms with Crippen LogP contribution >= 0.6 is 0 Å². The second-order valence-corrected chi connectivity index (χ2v) is 9.18. The van der Waals surface area contributed by atoms with Gasteiger partial charge in [-0.2, -0.15) is 0 Å². The number of rotatable bonds is 11. The summed E-state index contributed by atoms with van der Waals surface area (Å²) in [6, 6.07) is 13.7. The minimum atomic E-state index is -0.694. The Hall–Kier alpha value is -3.36. The third kappa shape index (κ3) is 6.32. The van der Waals surface area contributed by atoms with Crippen LogP contribution in [0.3, 0.4) is 0 Å². The van der Waals surface area contributed by atoms with E-state index in [4.69, 9.17) is 14.2 Å². The van der Waals surface area contributed by atoms with Crippen LogP contribution in [0.1, 0.15) is 43.9 Å². The smallest absolute Gasteiger partial charge is 0.295 e. The summed E-state index contributed by atoms with van der Waals surface area (Å²) < 4.78 is 16.7. The van der Waals surface area contributed by atoms with Gasteiger partial charge in [-0.25, -0.2) is 0 Å². The number of morpholine rings is 1. The normalized spacial score (nSPS) is 19.8. The van der Waals surface area contributed by atoms with E-state index < -0.39 is 17.7 Å². The Morgan fingerprint density at radius 2 is 1.76 bits per heavy atom. The monoisotopic (exact) mass is 508 g/mol. The number of aliphatic hydroxyl groups excluding tert-OH is 1. The third-order valence-electron chi connectivity index (χ3n) is 6.60. The summed E-state index contributed by atoms with van der Waals surface area (Å²) in [5.41, 5.74) is 1.28. The predicted molar refractivity (Wildman–Crippen MR) is 141 cm³/mol. The number of benzene rings is 2. The molecule has 0 aromatic heterocycles. The molecular formula is C29H36N2O6. The Kier molecular flexibility index (Phi) is 9.19. The summed E-state index contributed by atoms with van der Waals surface area (Å²) in [7, 11) is 0. The molecule has 2 aliphatic heterocycles. The minimum Gasteiger partial charge on any atom is -0.507 e. The summed E-state index contributed by atoms with van der Waals surface area (Å²) >= 11 is 0. The highest BCUT2D eigenvalue weighted by atomic mass is 16.5. The summed E-state index contributed by atoms with van der Waals surface area (Å²) in [4.78, 5) is 30.4. The van der Waals surface area contributed by atoms with Crippen molar-refractivity contribution in [1.82, 2.24) is 9.80 Å². The number of ether oxygens (including phenoxy) is 3. The third-order valence-corrected chi connectivity index (χ3v) is 6.60. The molecule has 2 heterocycles. The molecule has 2 fully saturated rings. The quantitative estimate of drug-likeness (QED) is 0.279. The number of amides is 1. The Morgan fingerprint density at radius 3 is 2.46 bits per heavy atom. The zero-order valence-electron chi connectivity index (χ0n) is 21.7. The summed E-state index contributed by atoms with van der Waals surface area (Å²) in [6.07, 6.45) is 1.56. The van der Waals surface area contributed by atoms with Crippen molar-refractivity contribution in [3.63, 3.8) is 0 Å². The Bertz CT molecular complexity index is 1110. The number of hydrogen-bond donors (Lipinski definition) is 1. The van der Waals surface area contributed by atoms with Gasteiger partial charge in [-0.05, 0) is 49.6 Å². The number of Topliss-reactive ketones (excluding diaryl/α,β-unsaturated/α-hetero) is 1. The number of likely N-dealkylation sites (tertiary alicyclic amines) is 1. The highest BCUT2D eigenvalue weighted by Crippen LogP contribution is 2.40. The van der Waals surface area contributed by atoms with Crippen LogP contribution in [0.4, 0.5) is 0 Å². The fraction of sp³-hybridized carbons (Fsp3) is 0.448. The van der Waals surface area contributed by atoms with Crippen LogP contribution in [0.25, 0.3) is 5.76 Å². The average Bonchev–Trinajstić information content (AvgIpc) is 3.18. The van der Waals surface area contributed by atoms with Gasteiger partial charge in [0.1, 0.15) is 17.3 Å². The highest BCUT2D eigenvalue weighted by Gasteiger charge is 2.45. The van der Waals surface area contributed by atoms with Gasteiger partial charge in [-0.15, -0.1) is 0 Å². The van der Waals surface area contributed by atoms with Gasteiger partial charge in [0.2, 0.25) is 0 Å². The summed E-state index contributed by atoms with van der Waals surface area (Å²) in [5.74, 6) is -0.169. The maximum atomic E-state index is 13.3. The first-order valence-electron chi connectivity index (χ1n) is 13.1. The van der Waals surface area contributed by atoms with Crippen molar-refractivity contribution in [2.75, 3.05) is 52.6 Å². The van der Waals surface area contributed by atoms with Crippen LogP contribution in [-0.2, 0) is 14.3 Å². The van der Waals surface area contributed by atoms with E-state index in [0.717, 1.165) is 31.6 Å². The van der Waals surface area contributed by atoms with Gasteiger partial charge < -0.3 is 24.2 Å². The Morgan fingerprint density at radius 1 is 1.00 bits per heavy atom. The summed E-state index contributed by atoms with van der Waals surface area (Å²) in [6.45, 7) is 9.34. The minimum absolute atomic E-state index is 0.0909. The van der Waals surface area contributed by atoms with E-state index in [-0.39, 0.29) is 11.3 Å². The standard InChI is InChI=1S/C29H36N2O6/c1-3-17-37-24-8-5-7-22(20-24)27(32)25-26(21-9-11-23(12-10-21)36-4-2)31(29(34)28(25)33)14-6-13-30-15-18-35-19-16-30/h5,7-12,20,26,32H,3-4,6,13-19H2,1-2H3/b27-25+. The average molecular weight is 509 g/mol. The van der Waals surface area contributed by atoms with Gasteiger partial charge in [0.05, 0.1) is 38.0 Å². The van der Waals surface area contributed by atoms with E-state index in [1.165, 1.54) is 0 Å². The van der Waals surface area contributed by atoms with Crippen LogP contribution in [0.5, 0.6) is 11.5 Å². The van der Waals surface area contributed by atoms with Crippen molar-refractivity contribution < 1.29 is 28.9 Å². The van der Waals surface area contributed by atoms with Crippen molar-refractivity contribution in [3.8, 4) is 11.5 Å². The molecule has 8 heteroatoms. The second kappa shape index (κ2) is 12.7. The first-order valence-corrected chi connectivity index (χ1v) is 13.1. The maximum Gasteiger partial charge on any atom is 0.295 e. The lowest BCUT2D eigenvalue weighted by atomic mass is 9.95. The maximum absolute atomic E-state index is 13.3. The number of nitrogens with zero attached hydrogens (tertiary/aromatic N) is 2. The number of carbonyl (C=O) groups is 2. The molecule has 2 aromatic rings. The lowest BCUT2D eigenvalue weighted by molar-refractivity contribution is -0.140. The lowest BCUT2D eigenvalue weighted by Crippen LogP contribution is -2.38. The van der Waals surface area contributed by atoms with Crippen molar-refractivity contribution in [1.29, 1.82) is 0 Å². The molecule has 1 atom stereocenters. The van der Waals surface area contributed by atoms with Gasteiger partial charge in [-0.3, -0.25) is 14.5 Å². The van der Waals surface area contributed by atoms with Gasteiger partial charge in [-0.1, -0.05) is 31.2 Å². The predicted octanol–water partition coefficient (Wildman–Crippen LogP) is 4.02. The fourth-order valence-electron chi connectivity index (χ4n) is 4.77. The van der Waals surface area contributed by atoms with Gasteiger partial charge >= 0.3 is 0 Å². The molecular weight excluding hydrogens is 472 g/mol. The molecule has 1 unspecified atom stereocenters. The summed E-state index contributed by atoms with van der Waals surface area (Å²) in [5, 5.41) is 11.4. The Balaban J connectivity index is 1.66. The molecule has 0 aliphatic carbocycles. The molecule has 2 saturated heterocycles. The van der Waals surface area contributed by atoms with Crippen molar-refractivity contribution in [2.24, 2.45) is 0 Å². The second-order valence-electron chi connectivity index (χ2n) is 9.18. The molecule has 2 aliphatic rings. The molecule has 198 valence electrons. The largest absolute Gasteiger partial charge is 0.507 e. The SMILES string of the molecule is CCCOc1cccc(/C(O)=C2\C(=O)C(=O)N(CCCN3CCOCC3)C2c2ccc(OCC)cc2)c1. The molecule has 8 nitrogen and oxygen atoms in total. The van der Waals surface area contributed by atoms with E-state index in [0.29, 0.717) is 56.5 Å². The molecule has 0 saturated carbocycles.